The molecule has 0 spiro atoms. The van der Waals surface area contributed by atoms with E-state index in [0.29, 0.717) is 5.13 Å². The molecule has 0 bridgehead atoms. The van der Waals surface area contributed by atoms with Crippen LogP contribution in [-0.2, 0) is 4.79 Å². The van der Waals surface area contributed by atoms with Gasteiger partial charge in [0.05, 0.1) is 10.2 Å². The van der Waals surface area contributed by atoms with Gasteiger partial charge in [0, 0.05) is 11.8 Å². The lowest BCUT2D eigenvalue weighted by molar-refractivity contribution is -0.114. The number of hydrogen-bond donors (Lipinski definition) is 1. The number of anilines is 1. The molecule has 0 saturated carbocycles. The molecule has 4 nitrogen and oxygen atoms in total. The van der Waals surface area contributed by atoms with Crippen molar-refractivity contribution >= 4 is 44.4 Å². The fourth-order valence-electron chi connectivity index (χ4n) is 1.23. The lowest BCUT2D eigenvalue weighted by Crippen LogP contribution is -2.04. The first-order chi connectivity index (χ1) is 7.69. The van der Waals surface area contributed by atoms with Gasteiger partial charge in [-0.1, -0.05) is 11.3 Å². The number of thiazole rings is 1. The van der Waals surface area contributed by atoms with Crippen LogP contribution in [0.4, 0.5) is 5.13 Å². The highest BCUT2D eigenvalue weighted by atomic mass is 32.2. The van der Waals surface area contributed by atoms with Gasteiger partial charge in [0.2, 0.25) is 5.91 Å². The molecular formula is C10H7N3OS2. The second-order valence-corrected chi connectivity index (χ2v) is 4.91. The summed E-state index contributed by atoms with van der Waals surface area (Å²) < 4.78 is 0.962. The molecule has 0 aliphatic heterocycles. The Labute approximate surface area is 100 Å². The zero-order valence-corrected chi connectivity index (χ0v) is 9.98. The van der Waals surface area contributed by atoms with Crippen molar-refractivity contribution in [2.24, 2.45) is 0 Å². The number of nitrogens with zero attached hydrogens (tertiary/aromatic N) is 2. The molecule has 0 unspecified atom stereocenters. The summed E-state index contributed by atoms with van der Waals surface area (Å²) in [6, 6.07) is 5.58. The van der Waals surface area contributed by atoms with Gasteiger partial charge >= 0.3 is 0 Å². The number of nitrogens with one attached hydrogen (secondary N) is 1. The van der Waals surface area contributed by atoms with E-state index in [4.69, 9.17) is 5.26 Å². The van der Waals surface area contributed by atoms with Crippen LogP contribution in [0.2, 0.25) is 0 Å². The number of amides is 1. The Morgan fingerprint density at radius 2 is 2.44 bits per heavy atom. The summed E-state index contributed by atoms with van der Waals surface area (Å²) in [5.41, 5.74) is 0.830. The highest BCUT2D eigenvalue weighted by Gasteiger charge is 2.05. The molecule has 2 aromatic rings. The lowest BCUT2D eigenvalue weighted by Gasteiger charge is -1.91. The lowest BCUT2D eigenvalue weighted by atomic mass is 10.3. The van der Waals surface area contributed by atoms with E-state index in [1.54, 1.807) is 0 Å². The minimum absolute atomic E-state index is 0.134. The van der Waals surface area contributed by atoms with Crippen molar-refractivity contribution in [1.82, 2.24) is 4.98 Å². The molecule has 1 N–H and O–H groups in total. The van der Waals surface area contributed by atoms with Crippen LogP contribution in [0.5, 0.6) is 0 Å². The van der Waals surface area contributed by atoms with E-state index in [9.17, 15) is 4.79 Å². The third-order valence-corrected chi connectivity index (χ3v) is 3.32. The normalized spacial score (nSPS) is 10.0. The number of rotatable bonds is 2. The first-order valence-corrected chi connectivity index (χ1v) is 6.06. The topological polar surface area (TPSA) is 65.8 Å². The number of nitriles is 1. The molecule has 1 amide bonds. The number of carbonyl (C=O) groups excluding carboxylic acids is 1. The molecule has 0 atom stereocenters. The van der Waals surface area contributed by atoms with E-state index in [1.165, 1.54) is 18.3 Å². The number of thioether (sulfide) groups is 1. The van der Waals surface area contributed by atoms with Gasteiger partial charge in [0.25, 0.3) is 0 Å². The van der Waals surface area contributed by atoms with Crippen LogP contribution in [0.1, 0.15) is 6.92 Å². The minimum Gasteiger partial charge on any atom is -0.302 e. The van der Waals surface area contributed by atoms with Crippen LogP contribution >= 0.6 is 23.1 Å². The number of fused-ring (bicyclic) bond motifs is 1. The molecule has 6 heteroatoms. The summed E-state index contributed by atoms with van der Waals surface area (Å²) in [6.45, 7) is 1.45. The van der Waals surface area contributed by atoms with E-state index in [1.807, 2.05) is 23.6 Å². The number of aromatic nitrogens is 1. The van der Waals surface area contributed by atoms with Gasteiger partial charge in [-0.15, -0.1) is 0 Å². The maximum atomic E-state index is 10.9. The first kappa shape index (κ1) is 10.9. The zero-order chi connectivity index (χ0) is 11.5. The maximum absolute atomic E-state index is 10.9. The van der Waals surface area contributed by atoms with E-state index < -0.39 is 0 Å². The Morgan fingerprint density at radius 1 is 1.62 bits per heavy atom. The van der Waals surface area contributed by atoms with Crippen LogP contribution in [0.3, 0.4) is 0 Å². The van der Waals surface area contributed by atoms with Gasteiger partial charge in [0.1, 0.15) is 5.40 Å². The predicted octanol–water partition coefficient (Wildman–Crippen LogP) is 2.83. The summed E-state index contributed by atoms with van der Waals surface area (Å²) in [7, 11) is 0. The van der Waals surface area contributed by atoms with E-state index >= 15 is 0 Å². The monoisotopic (exact) mass is 249 g/mol. The van der Waals surface area contributed by atoms with E-state index in [0.717, 1.165) is 26.9 Å². The Morgan fingerprint density at radius 3 is 3.12 bits per heavy atom. The van der Waals surface area contributed by atoms with E-state index in [-0.39, 0.29) is 5.91 Å². The van der Waals surface area contributed by atoms with Crippen LogP contribution in [0, 0.1) is 10.7 Å². The average molecular weight is 249 g/mol. The molecule has 0 aliphatic carbocycles. The van der Waals surface area contributed by atoms with Gasteiger partial charge in [-0.25, -0.2) is 4.98 Å². The highest BCUT2D eigenvalue weighted by molar-refractivity contribution is 8.03. The van der Waals surface area contributed by atoms with Crippen LogP contribution in [0.15, 0.2) is 23.1 Å². The average Bonchev–Trinajstić information content (AvgIpc) is 2.58. The first-order valence-electron chi connectivity index (χ1n) is 4.43. The third-order valence-electron chi connectivity index (χ3n) is 1.81. The van der Waals surface area contributed by atoms with E-state index in [2.05, 4.69) is 10.3 Å². The molecule has 0 saturated heterocycles. The number of thiocyanates is 1. The summed E-state index contributed by atoms with van der Waals surface area (Å²) >= 11 is 2.51. The van der Waals surface area contributed by atoms with Gasteiger partial charge in [-0.3, -0.25) is 4.79 Å². The van der Waals surface area contributed by atoms with Crippen molar-refractivity contribution in [3.8, 4) is 5.40 Å². The smallest absolute Gasteiger partial charge is 0.223 e. The van der Waals surface area contributed by atoms with Gasteiger partial charge in [0.15, 0.2) is 5.13 Å². The van der Waals surface area contributed by atoms with Gasteiger partial charge < -0.3 is 5.32 Å². The molecule has 0 fully saturated rings. The molecule has 0 radical (unpaired) electrons. The second kappa shape index (κ2) is 4.51. The van der Waals surface area contributed by atoms with Crippen LogP contribution < -0.4 is 5.32 Å². The summed E-state index contributed by atoms with van der Waals surface area (Å²) in [6.07, 6.45) is 0. The molecule has 1 heterocycles. The zero-order valence-electron chi connectivity index (χ0n) is 8.35. The summed E-state index contributed by atoms with van der Waals surface area (Å²) in [5.74, 6) is -0.134. The van der Waals surface area contributed by atoms with Crippen LogP contribution in [-0.4, -0.2) is 10.9 Å². The number of hydrogen-bond acceptors (Lipinski definition) is 5. The molecule has 1 aromatic carbocycles. The van der Waals surface area contributed by atoms with Crippen molar-refractivity contribution in [3.05, 3.63) is 18.2 Å². The van der Waals surface area contributed by atoms with Crippen molar-refractivity contribution in [2.45, 2.75) is 11.8 Å². The highest BCUT2D eigenvalue weighted by Crippen LogP contribution is 2.29. The van der Waals surface area contributed by atoms with Crippen molar-refractivity contribution < 1.29 is 4.79 Å². The molecule has 2 rings (SSSR count). The SMILES string of the molecule is CC(=O)Nc1nc2ccc(SC#N)cc2s1. The Bertz CT molecular complexity index is 585. The maximum Gasteiger partial charge on any atom is 0.223 e. The van der Waals surface area contributed by atoms with Crippen LogP contribution in [0.25, 0.3) is 10.2 Å². The summed E-state index contributed by atoms with van der Waals surface area (Å²) in [5, 5.41) is 13.8. The fourth-order valence-corrected chi connectivity index (χ4v) is 2.67. The van der Waals surface area contributed by atoms with Crippen molar-refractivity contribution in [3.63, 3.8) is 0 Å². The molecule has 0 aliphatic rings. The minimum atomic E-state index is -0.134. The van der Waals surface area contributed by atoms with Gasteiger partial charge in [-0.05, 0) is 30.0 Å². The standard InChI is InChI=1S/C10H7N3OS2/c1-6(14)12-10-13-8-3-2-7(15-5-11)4-9(8)16-10/h2-4H,1H3,(H,12,13,14). The molecular weight excluding hydrogens is 242 g/mol. The predicted molar refractivity (Wildman–Crippen MR) is 65.4 cm³/mol. The number of benzene rings is 1. The number of carbonyl (C=O) groups is 1. The molecule has 80 valence electrons. The quantitative estimate of drug-likeness (QED) is 0.656. The second-order valence-electron chi connectivity index (χ2n) is 3.02. The van der Waals surface area contributed by atoms with Crippen molar-refractivity contribution in [2.75, 3.05) is 5.32 Å². The third kappa shape index (κ3) is 2.32. The van der Waals surface area contributed by atoms with Gasteiger partial charge in [-0.2, -0.15) is 5.26 Å². The Kier molecular flexibility index (Phi) is 3.08. The Balaban J connectivity index is 2.38. The molecule has 16 heavy (non-hydrogen) atoms. The van der Waals surface area contributed by atoms with Crippen molar-refractivity contribution in [1.29, 1.82) is 5.26 Å². The fraction of sp³-hybridized carbons (Fsp3) is 0.100. The summed E-state index contributed by atoms with van der Waals surface area (Å²) in [4.78, 5) is 16.0. The largest absolute Gasteiger partial charge is 0.302 e. The Hall–Kier alpha value is -1.58. The molecule has 1 aromatic heterocycles.